The predicted octanol–water partition coefficient (Wildman–Crippen LogP) is 2.76. The Labute approximate surface area is 113 Å². The molecule has 6 heteroatoms. The quantitative estimate of drug-likeness (QED) is 0.460. The summed E-state index contributed by atoms with van der Waals surface area (Å²) in [5.41, 5.74) is 0.758. The van der Waals surface area contributed by atoms with Gasteiger partial charge in [0.05, 0.1) is 18.9 Å². The van der Waals surface area contributed by atoms with Gasteiger partial charge in [0, 0.05) is 9.40 Å². The standard InChI is InChI=1S/C12H14BrNO4/c1-2-18-12(15)7-10(8-14(16)17)9-4-3-5-11(13)6-9/h3-6,10H,2,7-8H2,1H3. The molecule has 0 bridgehead atoms. The van der Waals surface area contributed by atoms with Crippen LogP contribution in [0.25, 0.3) is 0 Å². The zero-order valence-corrected chi connectivity index (χ0v) is 11.6. The highest BCUT2D eigenvalue weighted by Crippen LogP contribution is 2.23. The molecule has 0 spiro atoms. The van der Waals surface area contributed by atoms with Crippen LogP contribution in [0.15, 0.2) is 28.7 Å². The molecule has 5 nitrogen and oxygen atoms in total. The molecule has 0 aliphatic rings. The summed E-state index contributed by atoms with van der Waals surface area (Å²) in [6, 6.07) is 7.18. The van der Waals surface area contributed by atoms with Crippen LogP contribution in [-0.2, 0) is 9.53 Å². The summed E-state index contributed by atoms with van der Waals surface area (Å²) in [4.78, 5) is 21.7. The van der Waals surface area contributed by atoms with Gasteiger partial charge in [-0.25, -0.2) is 0 Å². The monoisotopic (exact) mass is 315 g/mol. The Hall–Kier alpha value is -1.43. The Kier molecular flexibility index (Phi) is 5.77. The lowest BCUT2D eigenvalue weighted by Gasteiger charge is -2.12. The van der Waals surface area contributed by atoms with Crippen LogP contribution in [0.3, 0.4) is 0 Å². The van der Waals surface area contributed by atoms with E-state index in [1.807, 2.05) is 6.07 Å². The molecule has 1 unspecified atom stereocenters. The molecule has 18 heavy (non-hydrogen) atoms. The van der Waals surface area contributed by atoms with Crippen LogP contribution in [-0.4, -0.2) is 24.0 Å². The number of rotatable bonds is 6. The molecule has 0 N–H and O–H groups in total. The van der Waals surface area contributed by atoms with E-state index >= 15 is 0 Å². The van der Waals surface area contributed by atoms with Gasteiger partial charge in [-0.2, -0.15) is 0 Å². The number of carbonyl (C=O) groups excluding carboxylic acids is 1. The smallest absolute Gasteiger partial charge is 0.306 e. The third-order valence-corrected chi connectivity index (χ3v) is 2.90. The lowest BCUT2D eigenvalue weighted by Crippen LogP contribution is -2.18. The van der Waals surface area contributed by atoms with E-state index in [1.165, 1.54) is 0 Å². The van der Waals surface area contributed by atoms with Crippen LogP contribution < -0.4 is 0 Å². The molecule has 0 fully saturated rings. The van der Waals surface area contributed by atoms with Gasteiger partial charge in [0.1, 0.15) is 0 Å². The van der Waals surface area contributed by atoms with E-state index in [0.29, 0.717) is 0 Å². The summed E-state index contributed by atoms with van der Waals surface area (Å²) in [6.45, 7) is 1.71. The van der Waals surface area contributed by atoms with Gasteiger partial charge in [-0.1, -0.05) is 28.1 Å². The van der Waals surface area contributed by atoms with Gasteiger partial charge in [-0.3, -0.25) is 14.9 Å². The molecule has 1 rings (SSSR count). The van der Waals surface area contributed by atoms with Crippen molar-refractivity contribution < 1.29 is 14.5 Å². The molecule has 0 aliphatic carbocycles. The van der Waals surface area contributed by atoms with Crippen LogP contribution in [0, 0.1) is 10.1 Å². The number of nitrogens with zero attached hydrogens (tertiary/aromatic N) is 1. The largest absolute Gasteiger partial charge is 0.466 e. The van der Waals surface area contributed by atoms with Gasteiger partial charge in [0.25, 0.3) is 0 Å². The summed E-state index contributed by atoms with van der Waals surface area (Å²) >= 11 is 3.31. The summed E-state index contributed by atoms with van der Waals surface area (Å²) in [7, 11) is 0. The van der Waals surface area contributed by atoms with E-state index in [4.69, 9.17) is 4.74 Å². The third kappa shape index (κ3) is 4.83. The minimum Gasteiger partial charge on any atom is -0.466 e. The first-order valence-corrected chi connectivity index (χ1v) is 6.35. The zero-order chi connectivity index (χ0) is 13.5. The average Bonchev–Trinajstić information content (AvgIpc) is 2.28. The molecule has 0 amide bonds. The van der Waals surface area contributed by atoms with Crippen LogP contribution in [0.1, 0.15) is 24.8 Å². The number of benzene rings is 1. The number of nitro groups is 1. The normalized spacial score (nSPS) is 11.9. The maximum atomic E-state index is 11.4. The second kappa shape index (κ2) is 7.10. The summed E-state index contributed by atoms with van der Waals surface area (Å²) in [5, 5.41) is 10.6. The number of carbonyl (C=O) groups is 1. The second-order valence-corrected chi connectivity index (χ2v) is 4.69. The van der Waals surface area contributed by atoms with Crippen molar-refractivity contribution in [1.29, 1.82) is 0 Å². The molecule has 0 radical (unpaired) electrons. The van der Waals surface area contributed by atoms with E-state index in [1.54, 1.807) is 25.1 Å². The van der Waals surface area contributed by atoms with Gasteiger partial charge >= 0.3 is 5.97 Å². The van der Waals surface area contributed by atoms with E-state index in [2.05, 4.69) is 15.9 Å². The van der Waals surface area contributed by atoms with Gasteiger partial charge in [0.2, 0.25) is 6.54 Å². The van der Waals surface area contributed by atoms with Gasteiger partial charge in [-0.05, 0) is 24.6 Å². The third-order valence-electron chi connectivity index (χ3n) is 2.41. The minimum absolute atomic E-state index is 0.0191. The van der Waals surface area contributed by atoms with Crippen molar-refractivity contribution in [2.75, 3.05) is 13.2 Å². The Morgan fingerprint density at radius 3 is 2.83 bits per heavy atom. The average molecular weight is 316 g/mol. The van der Waals surface area contributed by atoms with Crippen LogP contribution in [0.5, 0.6) is 0 Å². The SMILES string of the molecule is CCOC(=O)CC(C[N+](=O)[O-])c1cccc(Br)c1. The maximum absolute atomic E-state index is 11.4. The van der Waals surface area contributed by atoms with Crippen LogP contribution >= 0.6 is 15.9 Å². The molecule has 0 saturated carbocycles. The lowest BCUT2D eigenvalue weighted by molar-refractivity contribution is -0.483. The van der Waals surface area contributed by atoms with E-state index in [0.717, 1.165) is 10.0 Å². The van der Waals surface area contributed by atoms with E-state index in [-0.39, 0.29) is 19.6 Å². The van der Waals surface area contributed by atoms with Gasteiger partial charge in [0.15, 0.2) is 0 Å². The molecule has 1 aromatic carbocycles. The highest BCUT2D eigenvalue weighted by atomic mass is 79.9. The van der Waals surface area contributed by atoms with Crippen LogP contribution in [0.2, 0.25) is 0 Å². The van der Waals surface area contributed by atoms with Crippen molar-refractivity contribution in [1.82, 2.24) is 0 Å². The topological polar surface area (TPSA) is 69.4 Å². The molecule has 1 atom stereocenters. The summed E-state index contributed by atoms with van der Waals surface area (Å²) in [6.07, 6.45) is 0.0191. The number of hydrogen-bond donors (Lipinski definition) is 0. The van der Waals surface area contributed by atoms with Crippen molar-refractivity contribution in [2.45, 2.75) is 19.3 Å². The molecular weight excluding hydrogens is 302 g/mol. The van der Waals surface area contributed by atoms with Gasteiger partial charge < -0.3 is 4.74 Å². The lowest BCUT2D eigenvalue weighted by atomic mass is 9.96. The number of esters is 1. The fourth-order valence-corrected chi connectivity index (χ4v) is 2.07. The van der Waals surface area contributed by atoms with Crippen LogP contribution in [0.4, 0.5) is 0 Å². The Morgan fingerprint density at radius 2 is 2.28 bits per heavy atom. The van der Waals surface area contributed by atoms with Crippen molar-refractivity contribution in [2.24, 2.45) is 0 Å². The minimum atomic E-state index is -0.462. The zero-order valence-electron chi connectivity index (χ0n) is 9.97. The van der Waals surface area contributed by atoms with Crippen molar-refractivity contribution >= 4 is 21.9 Å². The number of ether oxygens (including phenoxy) is 1. The first kappa shape index (κ1) is 14.6. The fraction of sp³-hybridized carbons (Fsp3) is 0.417. The second-order valence-electron chi connectivity index (χ2n) is 3.78. The number of hydrogen-bond acceptors (Lipinski definition) is 4. The molecule has 1 aromatic rings. The summed E-state index contributed by atoms with van der Waals surface area (Å²) < 4.78 is 5.66. The highest BCUT2D eigenvalue weighted by molar-refractivity contribution is 9.10. The first-order chi connectivity index (χ1) is 8.52. The molecule has 0 heterocycles. The molecule has 0 aliphatic heterocycles. The molecule has 0 saturated heterocycles. The highest BCUT2D eigenvalue weighted by Gasteiger charge is 2.22. The van der Waals surface area contributed by atoms with Crippen molar-refractivity contribution in [3.05, 3.63) is 44.4 Å². The maximum Gasteiger partial charge on any atom is 0.306 e. The Bertz CT molecular complexity index is 436. The first-order valence-electron chi connectivity index (χ1n) is 5.55. The predicted molar refractivity (Wildman–Crippen MR) is 70.0 cm³/mol. The van der Waals surface area contributed by atoms with Gasteiger partial charge in [-0.15, -0.1) is 0 Å². The van der Waals surface area contributed by atoms with E-state index < -0.39 is 16.8 Å². The Balaban J connectivity index is 2.84. The fourth-order valence-electron chi connectivity index (χ4n) is 1.65. The molecule has 0 aromatic heterocycles. The molecule has 98 valence electrons. The summed E-state index contributed by atoms with van der Waals surface area (Å²) in [5.74, 6) is -0.874. The van der Waals surface area contributed by atoms with Crippen molar-refractivity contribution in [3.63, 3.8) is 0 Å². The van der Waals surface area contributed by atoms with E-state index in [9.17, 15) is 14.9 Å². The van der Waals surface area contributed by atoms with Crippen molar-refractivity contribution in [3.8, 4) is 0 Å². The molecular formula is C12H14BrNO4. The number of halogens is 1. The Morgan fingerprint density at radius 1 is 1.56 bits per heavy atom.